The van der Waals surface area contributed by atoms with Crippen LogP contribution in [0.25, 0.3) is 11.3 Å². The maximum absolute atomic E-state index is 6.06. The Kier molecular flexibility index (Phi) is 5.43. The van der Waals surface area contributed by atoms with Gasteiger partial charge in [0.25, 0.3) is 0 Å². The molecule has 0 spiro atoms. The molecule has 0 saturated carbocycles. The Morgan fingerprint density at radius 2 is 1.21 bits per heavy atom. The molecular formula is C25H23NO2. The van der Waals surface area contributed by atoms with E-state index in [0.29, 0.717) is 13.2 Å². The minimum absolute atomic E-state index is 0.520. The van der Waals surface area contributed by atoms with Gasteiger partial charge in [-0.15, -0.1) is 0 Å². The average Bonchev–Trinajstić information content (AvgIpc) is 3.19. The van der Waals surface area contributed by atoms with Crippen molar-refractivity contribution in [3.63, 3.8) is 0 Å². The van der Waals surface area contributed by atoms with Crippen molar-refractivity contribution in [2.24, 2.45) is 0 Å². The standard InChI is InChI=1S/C25H23NO2/c1-19-12-25(26-16-19)22-13-23(27-17-20-8-4-2-5-9-20)15-24(14-22)28-18-21-10-6-3-7-11-21/h2-16,26H,17-18H2,1H3. The summed E-state index contributed by atoms with van der Waals surface area (Å²) in [4.78, 5) is 3.31. The average molecular weight is 369 g/mol. The van der Waals surface area contributed by atoms with Gasteiger partial charge in [0.2, 0.25) is 0 Å². The second-order valence-electron chi connectivity index (χ2n) is 6.83. The van der Waals surface area contributed by atoms with Gasteiger partial charge in [0, 0.05) is 23.5 Å². The molecule has 0 radical (unpaired) electrons. The normalized spacial score (nSPS) is 10.6. The summed E-state index contributed by atoms with van der Waals surface area (Å²) in [6.07, 6.45) is 2.00. The minimum Gasteiger partial charge on any atom is -0.489 e. The summed E-state index contributed by atoms with van der Waals surface area (Å²) in [5.74, 6) is 1.58. The maximum atomic E-state index is 6.06. The van der Waals surface area contributed by atoms with E-state index in [1.54, 1.807) is 0 Å². The second-order valence-corrected chi connectivity index (χ2v) is 6.83. The Hall–Kier alpha value is -3.46. The zero-order valence-electron chi connectivity index (χ0n) is 15.9. The number of ether oxygens (including phenoxy) is 2. The number of hydrogen-bond acceptors (Lipinski definition) is 2. The van der Waals surface area contributed by atoms with Crippen molar-refractivity contribution >= 4 is 0 Å². The van der Waals surface area contributed by atoms with E-state index in [1.165, 1.54) is 5.56 Å². The lowest BCUT2D eigenvalue weighted by Crippen LogP contribution is -1.98. The SMILES string of the molecule is Cc1c[nH]c(-c2cc(OCc3ccccc3)cc(OCc3ccccc3)c2)c1. The zero-order chi connectivity index (χ0) is 19.2. The molecule has 0 amide bonds. The van der Waals surface area contributed by atoms with Gasteiger partial charge in [-0.2, -0.15) is 0 Å². The van der Waals surface area contributed by atoms with Crippen LogP contribution in [0.5, 0.6) is 11.5 Å². The Balaban J connectivity index is 1.57. The third kappa shape index (κ3) is 4.63. The number of H-pyrrole nitrogens is 1. The van der Waals surface area contributed by atoms with Gasteiger partial charge in [-0.1, -0.05) is 60.7 Å². The maximum Gasteiger partial charge on any atom is 0.124 e. The van der Waals surface area contributed by atoms with E-state index in [-0.39, 0.29) is 0 Å². The minimum atomic E-state index is 0.520. The molecule has 0 bridgehead atoms. The van der Waals surface area contributed by atoms with E-state index < -0.39 is 0 Å². The van der Waals surface area contributed by atoms with Crippen LogP contribution in [-0.2, 0) is 13.2 Å². The van der Waals surface area contributed by atoms with Crippen molar-refractivity contribution in [3.8, 4) is 22.8 Å². The summed E-state index contributed by atoms with van der Waals surface area (Å²) in [5.41, 5.74) is 5.55. The van der Waals surface area contributed by atoms with Crippen molar-refractivity contribution in [1.82, 2.24) is 4.98 Å². The van der Waals surface area contributed by atoms with Crippen LogP contribution >= 0.6 is 0 Å². The number of rotatable bonds is 7. The summed E-state index contributed by atoms with van der Waals surface area (Å²) in [6, 6.07) is 28.5. The van der Waals surface area contributed by atoms with E-state index in [4.69, 9.17) is 9.47 Å². The largest absolute Gasteiger partial charge is 0.489 e. The number of aryl methyl sites for hydroxylation is 1. The van der Waals surface area contributed by atoms with Gasteiger partial charge >= 0.3 is 0 Å². The first-order valence-electron chi connectivity index (χ1n) is 9.40. The Labute approximate surface area is 165 Å². The summed E-state index contributed by atoms with van der Waals surface area (Å²) >= 11 is 0. The molecule has 0 aliphatic rings. The van der Waals surface area contributed by atoms with Gasteiger partial charge < -0.3 is 14.5 Å². The van der Waals surface area contributed by atoms with E-state index in [1.807, 2.05) is 60.8 Å². The third-order valence-electron chi connectivity index (χ3n) is 4.52. The Bertz CT molecular complexity index is 961. The van der Waals surface area contributed by atoms with Crippen LogP contribution in [0.1, 0.15) is 16.7 Å². The lowest BCUT2D eigenvalue weighted by molar-refractivity contribution is 0.290. The molecule has 1 heterocycles. The summed E-state index contributed by atoms with van der Waals surface area (Å²) < 4.78 is 12.1. The van der Waals surface area contributed by atoms with Gasteiger partial charge in [0.1, 0.15) is 24.7 Å². The molecule has 3 heteroatoms. The molecule has 0 atom stereocenters. The molecule has 3 nitrogen and oxygen atoms in total. The first-order valence-corrected chi connectivity index (χ1v) is 9.40. The topological polar surface area (TPSA) is 34.2 Å². The van der Waals surface area contributed by atoms with E-state index in [9.17, 15) is 0 Å². The summed E-state index contributed by atoms with van der Waals surface area (Å²) in [5, 5.41) is 0. The molecule has 28 heavy (non-hydrogen) atoms. The van der Waals surface area contributed by atoms with Crippen LogP contribution < -0.4 is 9.47 Å². The Morgan fingerprint density at radius 3 is 1.68 bits per heavy atom. The Morgan fingerprint density at radius 1 is 0.679 bits per heavy atom. The molecule has 0 unspecified atom stereocenters. The molecule has 0 saturated heterocycles. The van der Waals surface area contributed by atoms with Crippen LogP contribution in [0, 0.1) is 6.92 Å². The van der Waals surface area contributed by atoms with Crippen molar-refractivity contribution in [1.29, 1.82) is 0 Å². The predicted octanol–water partition coefficient (Wildman–Crippen LogP) is 6.15. The highest BCUT2D eigenvalue weighted by molar-refractivity contribution is 5.65. The van der Waals surface area contributed by atoms with Crippen LogP contribution in [0.4, 0.5) is 0 Å². The van der Waals surface area contributed by atoms with Crippen LogP contribution in [0.15, 0.2) is 91.1 Å². The fraction of sp³-hybridized carbons (Fsp3) is 0.120. The third-order valence-corrected chi connectivity index (χ3v) is 4.52. The molecule has 1 N–H and O–H groups in total. The first-order chi connectivity index (χ1) is 13.8. The molecule has 1 aromatic heterocycles. The number of benzene rings is 3. The lowest BCUT2D eigenvalue weighted by Gasteiger charge is -2.12. The van der Waals surface area contributed by atoms with Gasteiger partial charge in [0.15, 0.2) is 0 Å². The summed E-state index contributed by atoms with van der Waals surface area (Å²) in [6.45, 7) is 3.11. The van der Waals surface area contributed by atoms with Gasteiger partial charge in [-0.05, 0) is 41.8 Å². The molecule has 0 fully saturated rings. The fourth-order valence-electron chi connectivity index (χ4n) is 3.04. The molecule has 3 aromatic carbocycles. The van der Waals surface area contributed by atoms with Crippen molar-refractivity contribution in [2.75, 3.05) is 0 Å². The van der Waals surface area contributed by atoms with E-state index in [2.05, 4.69) is 42.2 Å². The monoisotopic (exact) mass is 369 g/mol. The smallest absolute Gasteiger partial charge is 0.124 e. The predicted molar refractivity (Wildman–Crippen MR) is 113 cm³/mol. The highest BCUT2D eigenvalue weighted by atomic mass is 16.5. The van der Waals surface area contributed by atoms with E-state index in [0.717, 1.165) is 33.9 Å². The molecule has 4 rings (SSSR count). The lowest BCUT2D eigenvalue weighted by atomic mass is 10.1. The molecule has 0 aliphatic heterocycles. The first kappa shape index (κ1) is 17.9. The van der Waals surface area contributed by atoms with Crippen molar-refractivity contribution < 1.29 is 9.47 Å². The number of aromatic amines is 1. The van der Waals surface area contributed by atoms with Gasteiger partial charge in [-0.25, -0.2) is 0 Å². The van der Waals surface area contributed by atoms with Gasteiger partial charge in [-0.3, -0.25) is 0 Å². The highest BCUT2D eigenvalue weighted by Gasteiger charge is 2.08. The highest BCUT2D eigenvalue weighted by Crippen LogP contribution is 2.30. The molecular weight excluding hydrogens is 346 g/mol. The number of aromatic nitrogens is 1. The second kappa shape index (κ2) is 8.49. The quantitative estimate of drug-likeness (QED) is 0.424. The summed E-state index contributed by atoms with van der Waals surface area (Å²) in [7, 11) is 0. The van der Waals surface area contributed by atoms with Crippen LogP contribution in [-0.4, -0.2) is 4.98 Å². The number of nitrogens with one attached hydrogen (secondary N) is 1. The molecule has 140 valence electrons. The number of hydrogen-bond donors (Lipinski definition) is 1. The fourth-order valence-corrected chi connectivity index (χ4v) is 3.04. The molecule has 4 aromatic rings. The van der Waals surface area contributed by atoms with Crippen LogP contribution in [0.2, 0.25) is 0 Å². The van der Waals surface area contributed by atoms with Gasteiger partial charge in [0.05, 0.1) is 0 Å². The van der Waals surface area contributed by atoms with E-state index >= 15 is 0 Å². The van der Waals surface area contributed by atoms with Crippen molar-refractivity contribution in [2.45, 2.75) is 20.1 Å². The van der Waals surface area contributed by atoms with Crippen LogP contribution in [0.3, 0.4) is 0 Å². The molecule has 0 aliphatic carbocycles. The zero-order valence-corrected chi connectivity index (χ0v) is 15.9. The van der Waals surface area contributed by atoms with Crippen molar-refractivity contribution in [3.05, 3.63) is 108 Å².